The van der Waals surface area contributed by atoms with E-state index in [-0.39, 0.29) is 5.56 Å². The first-order valence-electron chi connectivity index (χ1n) is 5.79. The summed E-state index contributed by atoms with van der Waals surface area (Å²) in [5.74, 6) is -0.477. The van der Waals surface area contributed by atoms with Gasteiger partial charge in [-0.05, 0) is 24.6 Å². The molecule has 0 aliphatic heterocycles. The molecule has 0 saturated heterocycles. The van der Waals surface area contributed by atoms with Crippen LogP contribution in [0, 0.1) is 0 Å². The summed E-state index contributed by atoms with van der Waals surface area (Å²) in [5.41, 5.74) is 0.396. The van der Waals surface area contributed by atoms with Crippen LogP contribution >= 0.6 is 0 Å². The van der Waals surface area contributed by atoms with Crippen molar-refractivity contribution in [1.82, 2.24) is 5.32 Å². The van der Waals surface area contributed by atoms with Gasteiger partial charge in [-0.1, -0.05) is 25.1 Å². The monoisotopic (exact) mass is 257 g/mol. The van der Waals surface area contributed by atoms with E-state index >= 15 is 0 Å². The van der Waals surface area contributed by atoms with Crippen molar-refractivity contribution in [3.63, 3.8) is 0 Å². The quantitative estimate of drug-likeness (QED) is 0.796. The third-order valence-electron chi connectivity index (χ3n) is 2.53. The van der Waals surface area contributed by atoms with Crippen molar-refractivity contribution in [2.45, 2.75) is 25.8 Å². The summed E-state index contributed by atoms with van der Waals surface area (Å²) in [5, 5.41) is 2.98. The van der Waals surface area contributed by atoms with E-state index in [0.717, 1.165) is 6.42 Å². The molecule has 0 aliphatic carbocycles. The molecule has 0 radical (unpaired) electrons. The van der Waals surface area contributed by atoms with Crippen molar-refractivity contribution in [2.24, 2.45) is 0 Å². The number of methoxy groups -OCH3 is 1. The Balaban J connectivity index is 2.96. The van der Waals surface area contributed by atoms with Crippen LogP contribution in [0.25, 0.3) is 0 Å². The van der Waals surface area contributed by atoms with E-state index in [1.165, 1.54) is 25.3 Å². The molecule has 0 aromatic heterocycles. The van der Waals surface area contributed by atoms with Crippen LogP contribution in [-0.4, -0.2) is 19.6 Å². The molecule has 18 heavy (non-hydrogen) atoms. The van der Waals surface area contributed by atoms with Gasteiger partial charge >= 0.3 is 5.97 Å². The normalized spacial score (nSPS) is 12.5. The minimum Gasteiger partial charge on any atom is -0.468 e. The molecule has 5 heteroatoms. The lowest BCUT2D eigenvalue weighted by Gasteiger charge is -2.17. The van der Waals surface area contributed by atoms with E-state index in [1.807, 2.05) is 6.92 Å². The Labute approximate surface area is 105 Å². The number of esters is 1. The molecule has 1 aromatic carbocycles. The van der Waals surface area contributed by atoms with Gasteiger partial charge in [0.25, 0.3) is 6.43 Å². The van der Waals surface area contributed by atoms with E-state index in [9.17, 15) is 13.6 Å². The first-order chi connectivity index (χ1) is 8.60. The molecule has 0 spiro atoms. The van der Waals surface area contributed by atoms with Crippen LogP contribution in [0.4, 0.5) is 8.78 Å². The Kier molecular flexibility index (Phi) is 5.71. The lowest BCUT2D eigenvalue weighted by Crippen LogP contribution is -2.30. The third kappa shape index (κ3) is 3.77. The number of carbonyl (C=O) groups excluding carboxylic acids is 1. The first kappa shape index (κ1) is 14.6. The van der Waals surface area contributed by atoms with Crippen molar-refractivity contribution in [3.8, 4) is 0 Å². The molecular formula is C13H17F2NO2. The van der Waals surface area contributed by atoms with E-state index in [4.69, 9.17) is 0 Å². The Morgan fingerprint density at radius 2 is 2.06 bits per heavy atom. The van der Waals surface area contributed by atoms with Gasteiger partial charge in [0.05, 0.1) is 7.11 Å². The van der Waals surface area contributed by atoms with Crippen LogP contribution in [0.5, 0.6) is 0 Å². The van der Waals surface area contributed by atoms with Gasteiger partial charge in [-0.15, -0.1) is 0 Å². The van der Waals surface area contributed by atoms with Crippen LogP contribution in [-0.2, 0) is 9.53 Å². The average Bonchev–Trinajstić information content (AvgIpc) is 2.39. The van der Waals surface area contributed by atoms with Crippen LogP contribution in [0.1, 0.15) is 36.9 Å². The molecule has 3 nitrogen and oxygen atoms in total. The predicted molar refractivity (Wildman–Crippen MR) is 64.4 cm³/mol. The van der Waals surface area contributed by atoms with Crippen molar-refractivity contribution in [3.05, 3.63) is 35.4 Å². The summed E-state index contributed by atoms with van der Waals surface area (Å²) in [6, 6.07) is 5.11. The molecule has 0 amide bonds. The van der Waals surface area contributed by atoms with Crippen molar-refractivity contribution >= 4 is 5.97 Å². The van der Waals surface area contributed by atoms with Gasteiger partial charge < -0.3 is 10.1 Å². The number of hydrogen-bond acceptors (Lipinski definition) is 3. The standard InChI is InChI=1S/C13H17F2NO2/c1-3-7-16-11(13(17)18-2)9-5-4-6-10(8-9)12(14)15/h4-6,8,11-12,16H,3,7H2,1-2H3. The van der Waals surface area contributed by atoms with Gasteiger partial charge in [-0.25, -0.2) is 13.6 Å². The number of carbonyl (C=O) groups is 1. The highest BCUT2D eigenvalue weighted by atomic mass is 19.3. The van der Waals surface area contributed by atoms with Crippen LogP contribution in [0.2, 0.25) is 0 Å². The summed E-state index contributed by atoms with van der Waals surface area (Å²) in [6.45, 7) is 2.57. The minimum atomic E-state index is -2.55. The molecule has 1 aromatic rings. The number of halogens is 2. The number of nitrogens with one attached hydrogen (secondary N) is 1. The molecule has 1 N–H and O–H groups in total. The van der Waals surface area contributed by atoms with Crippen LogP contribution < -0.4 is 5.32 Å². The predicted octanol–water partition coefficient (Wildman–Crippen LogP) is 2.84. The molecule has 1 atom stereocenters. The summed E-state index contributed by atoms with van der Waals surface area (Å²) in [7, 11) is 1.28. The van der Waals surface area contributed by atoms with E-state index in [1.54, 1.807) is 6.07 Å². The zero-order valence-electron chi connectivity index (χ0n) is 10.5. The van der Waals surface area contributed by atoms with Gasteiger partial charge in [0, 0.05) is 5.56 Å². The maximum atomic E-state index is 12.6. The Morgan fingerprint density at radius 1 is 1.39 bits per heavy atom. The molecule has 100 valence electrons. The molecule has 0 bridgehead atoms. The fourth-order valence-corrected chi connectivity index (χ4v) is 1.62. The Hall–Kier alpha value is -1.49. The average molecular weight is 257 g/mol. The molecule has 1 unspecified atom stereocenters. The summed E-state index contributed by atoms with van der Waals surface area (Å²) in [6.07, 6.45) is -1.71. The second-order valence-electron chi connectivity index (χ2n) is 3.88. The Bertz CT molecular complexity index is 396. The van der Waals surface area contributed by atoms with Crippen LogP contribution in [0.3, 0.4) is 0 Å². The zero-order valence-corrected chi connectivity index (χ0v) is 10.5. The third-order valence-corrected chi connectivity index (χ3v) is 2.53. The number of rotatable bonds is 6. The number of alkyl halides is 2. The molecule has 0 aliphatic rings. The Morgan fingerprint density at radius 3 is 2.61 bits per heavy atom. The van der Waals surface area contributed by atoms with Gasteiger partial charge in [0.1, 0.15) is 6.04 Å². The lowest BCUT2D eigenvalue weighted by atomic mass is 10.0. The fourth-order valence-electron chi connectivity index (χ4n) is 1.62. The van der Waals surface area contributed by atoms with Gasteiger partial charge in [0.2, 0.25) is 0 Å². The minimum absolute atomic E-state index is 0.0975. The van der Waals surface area contributed by atoms with E-state index in [0.29, 0.717) is 12.1 Å². The smallest absolute Gasteiger partial charge is 0.327 e. The van der Waals surface area contributed by atoms with Crippen molar-refractivity contribution in [2.75, 3.05) is 13.7 Å². The molecule has 0 saturated carbocycles. The maximum absolute atomic E-state index is 12.6. The largest absolute Gasteiger partial charge is 0.468 e. The zero-order chi connectivity index (χ0) is 13.5. The van der Waals surface area contributed by atoms with E-state index in [2.05, 4.69) is 10.1 Å². The first-order valence-corrected chi connectivity index (χ1v) is 5.79. The second kappa shape index (κ2) is 7.06. The molecular weight excluding hydrogens is 240 g/mol. The number of ether oxygens (including phenoxy) is 1. The van der Waals surface area contributed by atoms with E-state index < -0.39 is 18.4 Å². The summed E-state index contributed by atoms with van der Waals surface area (Å²) >= 11 is 0. The van der Waals surface area contributed by atoms with Crippen molar-refractivity contribution < 1.29 is 18.3 Å². The van der Waals surface area contributed by atoms with Crippen molar-refractivity contribution in [1.29, 1.82) is 0 Å². The molecule has 1 rings (SSSR count). The lowest BCUT2D eigenvalue weighted by molar-refractivity contribution is -0.143. The van der Waals surface area contributed by atoms with Gasteiger partial charge in [0.15, 0.2) is 0 Å². The summed E-state index contributed by atoms with van der Waals surface area (Å²) in [4.78, 5) is 11.6. The fraction of sp³-hybridized carbons (Fsp3) is 0.462. The maximum Gasteiger partial charge on any atom is 0.327 e. The van der Waals surface area contributed by atoms with Gasteiger partial charge in [-0.2, -0.15) is 0 Å². The molecule has 0 heterocycles. The summed E-state index contributed by atoms with van der Waals surface area (Å²) < 4.78 is 29.9. The highest BCUT2D eigenvalue weighted by Gasteiger charge is 2.21. The number of hydrogen-bond donors (Lipinski definition) is 1. The number of benzene rings is 1. The highest BCUT2D eigenvalue weighted by molar-refractivity contribution is 5.77. The molecule has 0 fully saturated rings. The topological polar surface area (TPSA) is 38.3 Å². The highest BCUT2D eigenvalue weighted by Crippen LogP contribution is 2.23. The van der Waals surface area contributed by atoms with Gasteiger partial charge in [-0.3, -0.25) is 0 Å². The van der Waals surface area contributed by atoms with Crippen LogP contribution in [0.15, 0.2) is 24.3 Å². The SMILES string of the molecule is CCCNC(C(=O)OC)c1cccc(C(F)F)c1. The second-order valence-corrected chi connectivity index (χ2v) is 3.88.